The maximum Gasteiger partial charge on any atom is 0.133 e. The van der Waals surface area contributed by atoms with E-state index < -0.39 is 5.60 Å². The molecule has 0 unspecified atom stereocenters. The molecule has 1 aliphatic rings. The summed E-state index contributed by atoms with van der Waals surface area (Å²) in [5.41, 5.74) is 1.34. The van der Waals surface area contributed by atoms with Gasteiger partial charge in [-0.1, -0.05) is 6.07 Å². The Morgan fingerprint density at radius 2 is 2.07 bits per heavy atom. The predicted octanol–water partition coefficient (Wildman–Crippen LogP) is 2.53. The number of hydrogen-bond donors (Lipinski definition) is 2. The van der Waals surface area contributed by atoms with Gasteiger partial charge in [-0.25, -0.2) is 0 Å². The van der Waals surface area contributed by atoms with Gasteiger partial charge in [-0.3, -0.25) is 0 Å². The van der Waals surface area contributed by atoms with E-state index in [1.54, 1.807) is 0 Å². The van der Waals surface area contributed by atoms with Crippen molar-refractivity contribution in [1.29, 1.82) is 0 Å². The van der Waals surface area contributed by atoms with Crippen LogP contribution in [0.2, 0.25) is 0 Å². The number of hydrogen-bond acceptors (Lipinski definition) is 2. The first-order valence-corrected chi connectivity index (χ1v) is 5.50. The van der Waals surface area contributed by atoms with Gasteiger partial charge in [-0.15, -0.1) is 0 Å². The molecule has 2 rings (SSSR count). The van der Waals surface area contributed by atoms with Crippen molar-refractivity contribution in [2.45, 2.75) is 31.8 Å². The number of phenols is 1. The number of benzene rings is 1. The largest absolute Gasteiger partial charge is 0.506 e. The molecule has 0 spiro atoms. The molecule has 1 saturated carbocycles. The van der Waals surface area contributed by atoms with Crippen molar-refractivity contribution in [3.8, 4) is 5.75 Å². The van der Waals surface area contributed by atoms with E-state index in [-0.39, 0.29) is 5.75 Å². The molecule has 0 atom stereocenters. The van der Waals surface area contributed by atoms with Gasteiger partial charge >= 0.3 is 0 Å². The van der Waals surface area contributed by atoms with Gasteiger partial charge in [0.05, 0.1) is 10.1 Å². The van der Waals surface area contributed by atoms with Crippen molar-refractivity contribution < 1.29 is 10.2 Å². The molecule has 0 saturated heterocycles. The number of aryl methyl sites for hydroxylation is 1. The van der Waals surface area contributed by atoms with Crippen LogP contribution in [0.1, 0.15) is 24.0 Å². The maximum atomic E-state index is 9.81. The van der Waals surface area contributed by atoms with Crippen LogP contribution >= 0.6 is 15.9 Å². The smallest absolute Gasteiger partial charge is 0.133 e. The van der Waals surface area contributed by atoms with Crippen molar-refractivity contribution in [1.82, 2.24) is 0 Å². The summed E-state index contributed by atoms with van der Waals surface area (Å²) in [6.07, 6.45) is 2.25. The van der Waals surface area contributed by atoms with Crippen LogP contribution in [-0.4, -0.2) is 15.8 Å². The molecule has 0 bridgehead atoms. The Labute approximate surface area is 91.7 Å². The molecular weight excluding hydrogens is 244 g/mol. The second-order valence-corrected chi connectivity index (χ2v) is 4.95. The summed E-state index contributed by atoms with van der Waals surface area (Å²) in [6, 6.07) is 3.77. The van der Waals surface area contributed by atoms with E-state index in [0.717, 1.165) is 24.0 Å². The van der Waals surface area contributed by atoms with E-state index in [2.05, 4.69) is 15.9 Å². The Morgan fingerprint density at radius 3 is 2.64 bits per heavy atom. The minimum atomic E-state index is -0.553. The van der Waals surface area contributed by atoms with Crippen molar-refractivity contribution in [2.75, 3.05) is 0 Å². The molecule has 3 heteroatoms. The summed E-state index contributed by atoms with van der Waals surface area (Å²) in [5.74, 6) is 0.269. The number of aliphatic hydroxyl groups is 1. The number of phenolic OH excluding ortho intramolecular Hbond substituents is 1. The second kappa shape index (κ2) is 3.24. The molecule has 0 amide bonds. The Hall–Kier alpha value is -0.540. The van der Waals surface area contributed by atoms with Crippen LogP contribution in [0.5, 0.6) is 5.75 Å². The first-order valence-electron chi connectivity index (χ1n) is 4.71. The van der Waals surface area contributed by atoms with Crippen LogP contribution in [0.4, 0.5) is 0 Å². The molecule has 0 aromatic heterocycles. The third-order valence-corrected chi connectivity index (χ3v) is 3.44. The second-order valence-electron chi connectivity index (χ2n) is 4.09. The van der Waals surface area contributed by atoms with Crippen LogP contribution in [-0.2, 0) is 6.42 Å². The molecule has 0 aliphatic heterocycles. The molecule has 2 nitrogen and oxygen atoms in total. The van der Waals surface area contributed by atoms with Gasteiger partial charge in [0.2, 0.25) is 0 Å². The lowest BCUT2D eigenvalue weighted by atomic mass is 10.0. The number of halogens is 1. The van der Waals surface area contributed by atoms with Crippen molar-refractivity contribution in [3.05, 3.63) is 27.7 Å². The highest BCUT2D eigenvalue weighted by Crippen LogP contribution is 2.42. The van der Waals surface area contributed by atoms with E-state index in [1.165, 1.54) is 0 Å². The minimum absolute atomic E-state index is 0.269. The van der Waals surface area contributed by atoms with E-state index in [0.29, 0.717) is 10.9 Å². The third kappa shape index (κ3) is 1.79. The summed E-state index contributed by atoms with van der Waals surface area (Å²) < 4.78 is 0.697. The highest BCUT2D eigenvalue weighted by Gasteiger charge is 2.41. The Balaban J connectivity index is 2.35. The highest BCUT2D eigenvalue weighted by atomic mass is 79.9. The molecule has 76 valence electrons. The molecular formula is C11H13BrO2. The lowest BCUT2D eigenvalue weighted by Crippen LogP contribution is -2.11. The number of rotatable bonds is 2. The number of aromatic hydroxyl groups is 1. The van der Waals surface area contributed by atoms with E-state index in [9.17, 15) is 10.2 Å². The molecule has 0 radical (unpaired) electrons. The molecule has 2 N–H and O–H groups in total. The van der Waals surface area contributed by atoms with Gasteiger partial charge in [0.25, 0.3) is 0 Å². The standard InChI is InChI=1S/C11H13BrO2/c1-7-2-3-9(12)10(13)8(7)6-11(14)4-5-11/h2-3,13-14H,4-6H2,1H3. The van der Waals surface area contributed by atoms with Gasteiger partial charge in [-0.2, -0.15) is 0 Å². The third-order valence-electron chi connectivity index (χ3n) is 2.80. The van der Waals surface area contributed by atoms with Crippen LogP contribution in [0.15, 0.2) is 16.6 Å². The Morgan fingerprint density at radius 1 is 1.43 bits per heavy atom. The van der Waals surface area contributed by atoms with Crippen LogP contribution in [0.25, 0.3) is 0 Å². The lowest BCUT2D eigenvalue weighted by molar-refractivity contribution is 0.149. The van der Waals surface area contributed by atoms with Crippen molar-refractivity contribution >= 4 is 15.9 Å². The van der Waals surface area contributed by atoms with Crippen molar-refractivity contribution in [3.63, 3.8) is 0 Å². The fraction of sp³-hybridized carbons (Fsp3) is 0.455. The quantitative estimate of drug-likeness (QED) is 0.854. The summed E-state index contributed by atoms with van der Waals surface area (Å²) in [6.45, 7) is 1.95. The zero-order valence-electron chi connectivity index (χ0n) is 8.05. The normalized spacial score (nSPS) is 18.2. The fourth-order valence-corrected chi connectivity index (χ4v) is 1.95. The molecule has 1 fully saturated rings. The SMILES string of the molecule is Cc1ccc(Br)c(O)c1CC1(O)CC1. The maximum absolute atomic E-state index is 9.81. The van der Waals surface area contributed by atoms with Crippen LogP contribution in [0, 0.1) is 6.92 Å². The molecule has 1 aromatic rings. The average Bonchev–Trinajstić information content (AvgIpc) is 2.86. The van der Waals surface area contributed by atoms with E-state index in [1.807, 2.05) is 19.1 Å². The summed E-state index contributed by atoms with van der Waals surface area (Å²) in [4.78, 5) is 0. The molecule has 0 heterocycles. The first-order chi connectivity index (χ1) is 6.52. The van der Waals surface area contributed by atoms with Gasteiger partial charge < -0.3 is 10.2 Å². The topological polar surface area (TPSA) is 40.5 Å². The zero-order chi connectivity index (χ0) is 10.3. The van der Waals surface area contributed by atoms with Gasteiger partial charge in [0.1, 0.15) is 5.75 Å². The fourth-order valence-electron chi connectivity index (χ4n) is 1.58. The summed E-state index contributed by atoms with van der Waals surface area (Å²) in [7, 11) is 0. The highest BCUT2D eigenvalue weighted by molar-refractivity contribution is 9.10. The molecule has 14 heavy (non-hydrogen) atoms. The molecule has 1 aromatic carbocycles. The van der Waals surface area contributed by atoms with E-state index in [4.69, 9.17) is 0 Å². The summed E-state index contributed by atoms with van der Waals surface area (Å²) >= 11 is 3.28. The first kappa shape index (κ1) is 9.99. The van der Waals surface area contributed by atoms with Crippen LogP contribution < -0.4 is 0 Å². The van der Waals surface area contributed by atoms with E-state index >= 15 is 0 Å². The summed E-state index contributed by atoms with van der Waals surface area (Å²) in [5, 5.41) is 19.6. The minimum Gasteiger partial charge on any atom is -0.506 e. The van der Waals surface area contributed by atoms with Crippen LogP contribution in [0.3, 0.4) is 0 Å². The van der Waals surface area contributed by atoms with Gasteiger partial charge in [-0.05, 0) is 47.3 Å². The average molecular weight is 257 g/mol. The Kier molecular flexibility index (Phi) is 2.32. The molecule has 1 aliphatic carbocycles. The Bertz CT molecular complexity index is 370. The lowest BCUT2D eigenvalue weighted by Gasteiger charge is -2.13. The zero-order valence-corrected chi connectivity index (χ0v) is 9.63. The van der Waals surface area contributed by atoms with Gasteiger partial charge in [0, 0.05) is 12.0 Å². The monoisotopic (exact) mass is 256 g/mol. The predicted molar refractivity (Wildman–Crippen MR) is 58.4 cm³/mol. The van der Waals surface area contributed by atoms with Gasteiger partial charge in [0.15, 0.2) is 0 Å². The van der Waals surface area contributed by atoms with Crippen molar-refractivity contribution in [2.24, 2.45) is 0 Å².